The van der Waals surface area contributed by atoms with Gasteiger partial charge in [0.25, 0.3) is 0 Å². The lowest BCUT2D eigenvalue weighted by Gasteiger charge is -2.16. The van der Waals surface area contributed by atoms with Crippen LogP contribution in [-0.2, 0) is 0 Å². The molecule has 2 N–H and O–H groups in total. The number of aliphatic hydroxyl groups is 2. The summed E-state index contributed by atoms with van der Waals surface area (Å²) in [7, 11) is 0. The highest BCUT2D eigenvalue weighted by atomic mass is 16.5. The van der Waals surface area contributed by atoms with E-state index in [1.165, 1.54) is 5.56 Å². The first-order chi connectivity index (χ1) is 15.1. The second-order valence-corrected chi connectivity index (χ2v) is 7.86. The number of hydrogen-bond donors (Lipinski definition) is 2. The fourth-order valence-corrected chi connectivity index (χ4v) is 3.41. The Bertz CT molecular complexity index is 930. The van der Waals surface area contributed by atoms with E-state index in [0.717, 1.165) is 33.8 Å². The van der Waals surface area contributed by atoms with E-state index in [1.807, 2.05) is 18.2 Å². The predicted molar refractivity (Wildman–Crippen MR) is 126 cm³/mol. The smallest absolute Gasteiger partial charge is 0.122 e. The van der Waals surface area contributed by atoms with Crippen molar-refractivity contribution >= 4 is 0 Å². The zero-order chi connectivity index (χ0) is 22.1. The zero-order valence-corrected chi connectivity index (χ0v) is 18.4. The van der Waals surface area contributed by atoms with Crippen molar-refractivity contribution < 1.29 is 19.7 Å². The molecule has 0 heterocycles. The summed E-state index contributed by atoms with van der Waals surface area (Å²) in [6.45, 7) is 5.66. The quantitative estimate of drug-likeness (QED) is 0.393. The Hall–Kier alpha value is -2.82. The molecule has 0 saturated carbocycles. The van der Waals surface area contributed by atoms with E-state index < -0.39 is 0 Å². The van der Waals surface area contributed by atoms with Gasteiger partial charge in [0.05, 0.1) is 13.2 Å². The van der Waals surface area contributed by atoms with Crippen LogP contribution in [-0.4, -0.2) is 36.6 Å². The Labute approximate surface area is 185 Å². The third-order valence-corrected chi connectivity index (χ3v) is 5.17. The molecular formula is C27H32O4. The Kier molecular flexibility index (Phi) is 8.51. The maximum absolute atomic E-state index is 8.98. The Balaban J connectivity index is 1.74. The summed E-state index contributed by atoms with van der Waals surface area (Å²) in [6.07, 6.45) is 1.27. The predicted octanol–water partition coefficient (Wildman–Crippen LogP) is 5.67. The molecule has 3 rings (SSSR count). The van der Waals surface area contributed by atoms with Crippen molar-refractivity contribution in [3.8, 4) is 33.8 Å². The molecule has 4 heteroatoms. The Morgan fingerprint density at radius 3 is 1.68 bits per heavy atom. The molecule has 164 valence electrons. The summed E-state index contributed by atoms with van der Waals surface area (Å²) in [6, 6.07) is 22.9. The average Bonchev–Trinajstić information content (AvgIpc) is 2.80. The van der Waals surface area contributed by atoms with Gasteiger partial charge in [0.15, 0.2) is 0 Å². The molecule has 0 aliphatic carbocycles. The molecule has 0 bridgehead atoms. The van der Waals surface area contributed by atoms with Crippen molar-refractivity contribution in [1.29, 1.82) is 0 Å². The van der Waals surface area contributed by atoms with Gasteiger partial charge >= 0.3 is 0 Å². The largest absolute Gasteiger partial charge is 0.494 e. The average molecular weight is 421 g/mol. The number of ether oxygens (including phenoxy) is 2. The number of rotatable bonds is 11. The number of aliphatic hydroxyl groups excluding tert-OH is 2. The van der Waals surface area contributed by atoms with Crippen LogP contribution in [0.5, 0.6) is 11.5 Å². The van der Waals surface area contributed by atoms with Crippen LogP contribution in [0.1, 0.15) is 38.2 Å². The number of benzene rings is 3. The fourth-order valence-electron chi connectivity index (χ4n) is 3.41. The van der Waals surface area contributed by atoms with Gasteiger partial charge in [-0.15, -0.1) is 0 Å². The van der Waals surface area contributed by atoms with Crippen LogP contribution in [0, 0.1) is 0 Å². The van der Waals surface area contributed by atoms with E-state index in [9.17, 15) is 0 Å². The SMILES string of the molecule is CC(C)c1cc(-c2ccc(-c3ccc(OCCCO)cc3)cc2)ccc1OCCCO. The Morgan fingerprint density at radius 2 is 1.13 bits per heavy atom. The maximum atomic E-state index is 8.98. The van der Waals surface area contributed by atoms with E-state index in [2.05, 4.69) is 62.4 Å². The van der Waals surface area contributed by atoms with Gasteiger partial charge in [-0.05, 0) is 58.0 Å². The minimum Gasteiger partial charge on any atom is -0.494 e. The maximum Gasteiger partial charge on any atom is 0.122 e. The Morgan fingerprint density at radius 1 is 0.645 bits per heavy atom. The third-order valence-electron chi connectivity index (χ3n) is 5.17. The van der Waals surface area contributed by atoms with Gasteiger partial charge in [0.1, 0.15) is 11.5 Å². The molecular weight excluding hydrogens is 388 g/mol. The van der Waals surface area contributed by atoms with Crippen molar-refractivity contribution in [2.24, 2.45) is 0 Å². The topological polar surface area (TPSA) is 58.9 Å². The normalized spacial score (nSPS) is 11.0. The molecule has 31 heavy (non-hydrogen) atoms. The van der Waals surface area contributed by atoms with Gasteiger partial charge in [-0.25, -0.2) is 0 Å². The van der Waals surface area contributed by atoms with Crippen LogP contribution in [0.4, 0.5) is 0 Å². The first kappa shape index (κ1) is 22.9. The zero-order valence-electron chi connectivity index (χ0n) is 18.4. The van der Waals surface area contributed by atoms with Gasteiger partial charge in [-0.1, -0.05) is 56.3 Å². The van der Waals surface area contributed by atoms with Gasteiger partial charge in [0, 0.05) is 26.1 Å². The van der Waals surface area contributed by atoms with Crippen LogP contribution < -0.4 is 9.47 Å². The molecule has 0 spiro atoms. The molecule has 0 fully saturated rings. The summed E-state index contributed by atoms with van der Waals surface area (Å²) in [5.74, 6) is 2.06. The van der Waals surface area contributed by atoms with Crippen molar-refractivity contribution in [1.82, 2.24) is 0 Å². The molecule has 0 unspecified atom stereocenters. The number of hydrogen-bond acceptors (Lipinski definition) is 4. The van der Waals surface area contributed by atoms with E-state index in [4.69, 9.17) is 19.7 Å². The second-order valence-electron chi connectivity index (χ2n) is 7.86. The van der Waals surface area contributed by atoms with E-state index >= 15 is 0 Å². The second kappa shape index (κ2) is 11.5. The molecule has 0 saturated heterocycles. The van der Waals surface area contributed by atoms with E-state index in [1.54, 1.807) is 0 Å². The molecule has 0 aromatic heterocycles. The summed E-state index contributed by atoms with van der Waals surface area (Å²) in [5, 5.41) is 17.8. The molecule has 3 aromatic carbocycles. The minimum atomic E-state index is 0.140. The molecule has 0 aliphatic heterocycles. The highest BCUT2D eigenvalue weighted by molar-refractivity contribution is 5.71. The first-order valence-electron chi connectivity index (χ1n) is 10.9. The van der Waals surface area contributed by atoms with Crippen LogP contribution in [0.25, 0.3) is 22.3 Å². The standard InChI is InChI=1S/C27H32O4/c1-20(2)26-19-24(11-14-27(26)31-18-4-16-29)23-7-5-21(6-8-23)22-9-12-25(13-10-22)30-17-3-15-28/h5-14,19-20,28-29H,3-4,15-18H2,1-2H3. The van der Waals surface area contributed by atoms with Gasteiger partial charge in [0.2, 0.25) is 0 Å². The molecule has 3 aromatic rings. The molecule has 0 amide bonds. The van der Waals surface area contributed by atoms with E-state index in [-0.39, 0.29) is 13.2 Å². The van der Waals surface area contributed by atoms with Crippen molar-refractivity contribution in [3.63, 3.8) is 0 Å². The van der Waals surface area contributed by atoms with Crippen LogP contribution in [0.2, 0.25) is 0 Å². The van der Waals surface area contributed by atoms with Gasteiger partial charge < -0.3 is 19.7 Å². The van der Waals surface area contributed by atoms with Gasteiger partial charge in [-0.2, -0.15) is 0 Å². The first-order valence-corrected chi connectivity index (χ1v) is 10.9. The highest BCUT2D eigenvalue weighted by Gasteiger charge is 2.10. The van der Waals surface area contributed by atoms with Crippen molar-refractivity contribution in [3.05, 3.63) is 72.3 Å². The lowest BCUT2D eigenvalue weighted by molar-refractivity contribution is 0.232. The third kappa shape index (κ3) is 6.33. The lowest BCUT2D eigenvalue weighted by Crippen LogP contribution is -2.03. The van der Waals surface area contributed by atoms with Crippen LogP contribution in [0.15, 0.2) is 66.7 Å². The molecule has 0 aliphatic rings. The van der Waals surface area contributed by atoms with Gasteiger partial charge in [-0.3, -0.25) is 0 Å². The lowest BCUT2D eigenvalue weighted by atomic mass is 9.95. The fraction of sp³-hybridized carbons (Fsp3) is 0.333. The summed E-state index contributed by atoms with van der Waals surface area (Å²) < 4.78 is 11.5. The van der Waals surface area contributed by atoms with Crippen molar-refractivity contribution in [2.75, 3.05) is 26.4 Å². The van der Waals surface area contributed by atoms with Crippen LogP contribution in [0.3, 0.4) is 0 Å². The van der Waals surface area contributed by atoms with Crippen molar-refractivity contribution in [2.45, 2.75) is 32.6 Å². The molecule has 4 nitrogen and oxygen atoms in total. The monoisotopic (exact) mass is 420 g/mol. The molecule has 0 radical (unpaired) electrons. The minimum absolute atomic E-state index is 0.140. The summed E-state index contributed by atoms with van der Waals surface area (Å²) in [4.78, 5) is 0. The highest BCUT2D eigenvalue weighted by Crippen LogP contribution is 2.33. The summed E-state index contributed by atoms with van der Waals surface area (Å²) in [5.41, 5.74) is 5.79. The van der Waals surface area contributed by atoms with E-state index in [0.29, 0.717) is 32.0 Å². The molecule has 0 atom stereocenters. The summed E-state index contributed by atoms with van der Waals surface area (Å²) >= 11 is 0. The van der Waals surface area contributed by atoms with Crippen LogP contribution >= 0.6 is 0 Å².